The fourth-order valence-corrected chi connectivity index (χ4v) is 2.86. The molecule has 2 aliphatic rings. The van der Waals surface area contributed by atoms with E-state index in [9.17, 15) is 0 Å². The SMILES string of the molecule is CC[C@@H](C)[C@H]1COC(c2cccc(C3=N[C@@H]([C@H](C)CC)CO3)n2)=N1. The smallest absolute Gasteiger partial charge is 0.235 e. The molecule has 24 heavy (non-hydrogen) atoms. The first-order valence-electron chi connectivity index (χ1n) is 9.01. The summed E-state index contributed by atoms with van der Waals surface area (Å²) in [7, 11) is 0. The topological polar surface area (TPSA) is 56.1 Å². The summed E-state index contributed by atoms with van der Waals surface area (Å²) in [4.78, 5) is 14.1. The number of rotatable bonds is 6. The van der Waals surface area contributed by atoms with Gasteiger partial charge in [0.15, 0.2) is 0 Å². The minimum atomic E-state index is 0.227. The molecule has 2 aliphatic heterocycles. The maximum Gasteiger partial charge on any atom is 0.235 e. The first-order valence-corrected chi connectivity index (χ1v) is 9.01. The Balaban J connectivity index is 1.78. The van der Waals surface area contributed by atoms with Crippen LogP contribution in [0.4, 0.5) is 0 Å². The van der Waals surface area contributed by atoms with Crippen LogP contribution >= 0.6 is 0 Å². The molecule has 130 valence electrons. The number of aromatic nitrogens is 1. The Labute approximate surface area is 144 Å². The predicted molar refractivity (Wildman–Crippen MR) is 95.7 cm³/mol. The zero-order chi connectivity index (χ0) is 17.1. The van der Waals surface area contributed by atoms with Gasteiger partial charge in [0.25, 0.3) is 0 Å². The molecule has 1 aromatic heterocycles. The van der Waals surface area contributed by atoms with Crippen molar-refractivity contribution in [3.05, 3.63) is 29.6 Å². The van der Waals surface area contributed by atoms with Gasteiger partial charge in [-0.1, -0.05) is 46.6 Å². The molecule has 3 rings (SSSR count). The molecule has 0 aromatic carbocycles. The van der Waals surface area contributed by atoms with Gasteiger partial charge in [-0.3, -0.25) is 0 Å². The molecule has 0 N–H and O–H groups in total. The molecule has 4 atom stereocenters. The Bertz CT molecular complexity index is 590. The van der Waals surface area contributed by atoms with Gasteiger partial charge in [0.1, 0.15) is 24.6 Å². The lowest BCUT2D eigenvalue weighted by molar-refractivity contribution is 0.281. The van der Waals surface area contributed by atoms with E-state index in [2.05, 4.69) is 32.7 Å². The van der Waals surface area contributed by atoms with Gasteiger partial charge in [-0.2, -0.15) is 0 Å². The summed E-state index contributed by atoms with van der Waals surface area (Å²) >= 11 is 0. The van der Waals surface area contributed by atoms with Crippen molar-refractivity contribution in [2.45, 2.75) is 52.6 Å². The van der Waals surface area contributed by atoms with Crippen LogP contribution in [0.1, 0.15) is 51.9 Å². The molecule has 0 radical (unpaired) electrons. The highest BCUT2D eigenvalue weighted by molar-refractivity contribution is 5.97. The van der Waals surface area contributed by atoms with Gasteiger partial charge in [0.05, 0.1) is 12.1 Å². The van der Waals surface area contributed by atoms with Gasteiger partial charge >= 0.3 is 0 Å². The maximum absolute atomic E-state index is 5.78. The molecule has 5 heteroatoms. The van der Waals surface area contributed by atoms with Crippen molar-refractivity contribution < 1.29 is 9.47 Å². The number of pyridine rings is 1. The van der Waals surface area contributed by atoms with Gasteiger partial charge in [-0.25, -0.2) is 15.0 Å². The Hall–Kier alpha value is -1.91. The number of hydrogen-bond acceptors (Lipinski definition) is 5. The predicted octanol–water partition coefficient (Wildman–Crippen LogP) is 3.46. The summed E-state index contributed by atoms with van der Waals surface area (Å²) in [6, 6.07) is 6.28. The largest absolute Gasteiger partial charge is 0.474 e. The van der Waals surface area contributed by atoms with E-state index in [1.165, 1.54) is 0 Å². The summed E-state index contributed by atoms with van der Waals surface area (Å²) in [5, 5.41) is 0. The Morgan fingerprint density at radius 1 is 0.917 bits per heavy atom. The van der Waals surface area contributed by atoms with Crippen LogP contribution in [0.2, 0.25) is 0 Å². The monoisotopic (exact) mass is 329 g/mol. The number of nitrogens with zero attached hydrogens (tertiary/aromatic N) is 3. The second kappa shape index (κ2) is 7.32. The van der Waals surface area contributed by atoms with E-state index >= 15 is 0 Å². The van der Waals surface area contributed by atoms with Crippen LogP contribution in [0.25, 0.3) is 0 Å². The number of hydrogen-bond donors (Lipinski definition) is 0. The highest BCUT2D eigenvalue weighted by atomic mass is 16.5. The Kier molecular flexibility index (Phi) is 5.17. The van der Waals surface area contributed by atoms with Crippen molar-refractivity contribution in [2.24, 2.45) is 21.8 Å². The van der Waals surface area contributed by atoms with Crippen molar-refractivity contribution in [3.8, 4) is 0 Å². The van der Waals surface area contributed by atoms with E-state index in [0.29, 0.717) is 36.8 Å². The summed E-state index contributed by atoms with van der Waals surface area (Å²) in [6.07, 6.45) is 2.19. The Morgan fingerprint density at radius 2 is 1.38 bits per heavy atom. The molecule has 0 aliphatic carbocycles. The molecule has 3 heterocycles. The van der Waals surface area contributed by atoms with E-state index in [0.717, 1.165) is 24.2 Å². The third-order valence-electron chi connectivity index (χ3n) is 5.14. The molecular formula is C19H27N3O2. The highest BCUT2D eigenvalue weighted by Gasteiger charge is 2.27. The lowest BCUT2D eigenvalue weighted by Gasteiger charge is -2.11. The zero-order valence-electron chi connectivity index (χ0n) is 15.0. The molecule has 0 spiro atoms. The molecule has 0 saturated carbocycles. The summed E-state index contributed by atoms with van der Waals surface area (Å²) < 4.78 is 11.6. The van der Waals surface area contributed by atoms with E-state index in [-0.39, 0.29) is 12.1 Å². The molecule has 0 saturated heterocycles. The zero-order valence-corrected chi connectivity index (χ0v) is 15.0. The van der Waals surface area contributed by atoms with Crippen molar-refractivity contribution in [3.63, 3.8) is 0 Å². The van der Waals surface area contributed by atoms with Crippen molar-refractivity contribution in [2.75, 3.05) is 13.2 Å². The van der Waals surface area contributed by atoms with Crippen molar-refractivity contribution >= 4 is 11.8 Å². The quantitative estimate of drug-likeness (QED) is 0.803. The molecule has 5 nitrogen and oxygen atoms in total. The van der Waals surface area contributed by atoms with E-state index in [4.69, 9.17) is 19.5 Å². The standard InChI is InChI=1S/C19H27N3O2/c1-5-12(3)16-10-23-18(21-16)14-8-7-9-15(20-14)19-22-17(11-24-19)13(4)6-2/h7-9,12-13,16-17H,5-6,10-11H2,1-4H3/t12-,13-,16-,17-/m1/s1. The summed E-state index contributed by atoms with van der Waals surface area (Å²) in [5.74, 6) is 2.31. The van der Waals surface area contributed by atoms with Gasteiger partial charge in [0.2, 0.25) is 11.8 Å². The van der Waals surface area contributed by atoms with Gasteiger partial charge in [0, 0.05) is 0 Å². The lowest BCUT2D eigenvalue weighted by atomic mass is 10.0. The van der Waals surface area contributed by atoms with Gasteiger partial charge in [-0.05, 0) is 24.0 Å². The second-order valence-corrected chi connectivity index (χ2v) is 6.80. The van der Waals surface area contributed by atoms with Gasteiger partial charge in [-0.15, -0.1) is 0 Å². The van der Waals surface area contributed by atoms with E-state index < -0.39 is 0 Å². The molecule has 0 fully saturated rings. The van der Waals surface area contributed by atoms with Crippen LogP contribution in [0, 0.1) is 11.8 Å². The fraction of sp³-hybridized carbons (Fsp3) is 0.632. The van der Waals surface area contributed by atoms with Crippen LogP contribution in [-0.4, -0.2) is 42.1 Å². The van der Waals surface area contributed by atoms with Crippen molar-refractivity contribution in [1.82, 2.24) is 4.98 Å². The minimum Gasteiger partial charge on any atom is -0.474 e. The summed E-state index contributed by atoms with van der Waals surface area (Å²) in [6.45, 7) is 10.1. The van der Waals surface area contributed by atoms with Crippen LogP contribution in [-0.2, 0) is 9.47 Å². The molecule has 1 aromatic rings. The number of ether oxygens (including phenoxy) is 2. The maximum atomic E-state index is 5.78. The molecule has 0 unspecified atom stereocenters. The van der Waals surface area contributed by atoms with Crippen LogP contribution < -0.4 is 0 Å². The van der Waals surface area contributed by atoms with Crippen LogP contribution in [0.15, 0.2) is 28.2 Å². The van der Waals surface area contributed by atoms with Crippen LogP contribution in [0.5, 0.6) is 0 Å². The average Bonchev–Trinajstić information content (AvgIpc) is 3.30. The lowest BCUT2D eigenvalue weighted by Crippen LogP contribution is -2.16. The second-order valence-electron chi connectivity index (χ2n) is 6.80. The highest BCUT2D eigenvalue weighted by Crippen LogP contribution is 2.21. The normalized spacial score (nSPS) is 25.5. The molecule has 0 amide bonds. The molecule has 0 bridgehead atoms. The fourth-order valence-electron chi connectivity index (χ4n) is 2.86. The minimum absolute atomic E-state index is 0.227. The molecular weight excluding hydrogens is 302 g/mol. The van der Waals surface area contributed by atoms with E-state index in [1.807, 2.05) is 18.2 Å². The summed E-state index contributed by atoms with van der Waals surface area (Å²) in [5.41, 5.74) is 1.52. The first kappa shape index (κ1) is 16.9. The number of aliphatic imine (C=N–C) groups is 2. The first-order chi connectivity index (χ1) is 11.6. The van der Waals surface area contributed by atoms with E-state index in [1.54, 1.807) is 0 Å². The van der Waals surface area contributed by atoms with Gasteiger partial charge < -0.3 is 9.47 Å². The Morgan fingerprint density at radius 3 is 1.79 bits per heavy atom. The third-order valence-corrected chi connectivity index (χ3v) is 5.14. The van der Waals surface area contributed by atoms with Crippen LogP contribution in [0.3, 0.4) is 0 Å². The van der Waals surface area contributed by atoms with Crippen molar-refractivity contribution in [1.29, 1.82) is 0 Å². The average molecular weight is 329 g/mol. The third kappa shape index (κ3) is 3.45.